The highest BCUT2D eigenvalue weighted by molar-refractivity contribution is 5.39. The van der Waals surface area contributed by atoms with Crippen LogP contribution in [0.15, 0.2) is 36.8 Å². The number of ether oxygens (including phenoxy) is 1. The van der Waals surface area contributed by atoms with Crippen molar-refractivity contribution >= 4 is 0 Å². The maximum atomic E-state index is 5.47. The predicted octanol–water partition coefficient (Wildman–Crippen LogP) is 2.52. The molecule has 0 spiro atoms. The summed E-state index contributed by atoms with van der Waals surface area (Å²) in [6, 6.07) is 8.21. The summed E-state index contributed by atoms with van der Waals surface area (Å²) in [5, 5.41) is 3.56. The largest absolute Gasteiger partial charge is 0.496 e. The normalized spacial score (nSPS) is 12.4. The molecule has 1 aromatic heterocycles. The average molecular weight is 259 g/mol. The van der Waals surface area contributed by atoms with Gasteiger partial charge in [0.25, 0.3) is 0 Å². The second-order valence-corrected chi connectivity index (χ2v) is 4.56. The minimum absolute atomic E-state index is 0.101. The first-order chi connectivity index (χ1) is 9.27. The molecule has 1 aromatic carbocycles. The number of methoxy groups -OCH3 is 1. The van der Waals surface area contributed by atoms with Crippen LogP contribution in [0.1, 0.15) is 30.6 Å². The van der Waals surface area contributed by atoms with Gasteiger partial charge in [0.15, 0.2) is 0 Å². The van der Waals surface area contributed by atoms with Gasteiger partial charge < -0.3 is 14.6 Å². The zero-order valence-corrected chi connectivity index (χ0v) is 11.8. The number of para-hydroxylation sites is 1. The summed E-state index contributed by atoms with van der Waals surface area (Å²) in [5.74, 6) is 0.900. The number of nitrogens with one attached hydrogen (secondary N) is 1. The molecule has 0 saturated heterocycles. The van der Waals surface area contributed by atoms with Crippen LogP contribution in [0.5, 0.6) is 5.75 Å². The monoisotopic (exact) mass is 259 g/mol. The molecule has 0 aliphatic rings. The van der Waals surface area contributed by atoms with E-state index < -0.39 is 0 Å². The Kier molecular flexibility index (Phi) is 4.58. The maximum Gasteiger partial charge on any atom is 0.124 e. The molecule has 0 aliphatic carbocycles. The van der Waals surface area contributed by atoms with Crippen LogP contribution >= 0.6 is 0 Å². The van der Waals surface area contributed by atoms with Gasteiger partial charge in [-0.2, -0.15) is 0 Å². The summed E-state index contributed by atoms with van der Waals surface area (Å²) < 4.78 is 7.52. The lowest BCUT2D eigenvalue weighted by molar-refractivity contribution is 0.402. The van der Waals surface area contributed by atoms with E-state index in [1.807, 2.05) is 42.3 Å². The van der Waals surface area contributed by atoms with Crippen molar-refractivity contribution in [1.29, 1.82) is 0 Å². The molecule has 0 fully saturated rings. The molecule has 1 N–H and O–H groups in total. The van der Waals surface area contributed by atoms with Crippen LogP contribution in [0, 0.1) is 0 Å². The van der Waals surface area contributed by atoms with Crippen molar-refractivity contribution in [3.05, 3.63) is 48.0 Å². The third-order valence-electron chi connectivity index (χ3n) is 3.20. The zero-order valence-electron chi connectivity index (χ0n) is 11.8. The van der Waals surface area contributed by atoms with Crippen molar-refractivity contribution in [1.82, 2.24) is 14.9 Å². The van der Waals surface area contributed by atoms with Crippen LogP contribution in [0.2, 0.25) is 0 Å². The van der Waals surface area contributed by atoms with Crippen molar-refractivity contribution in [3.8, 4) is 5.75 Å². The molecule has 102 valence electrons. The number of benzene rings is 1. The van der Waals surface area contributed by atoms with Gasteiger partial charge in [-0.3, -0.25) is 0 Å². The Morgan fingerprint density at radius 2 is 2.16 bits per heavy atom. The van der Waals surface area contributed by atoms with Crippen LogP contribution < -0.4 is 10.1 Å². The van der Waals surface area contributed by atoms with E-state index in [1.54, 1.807) is 7.11 Å². The molecule has 4 nitrogen and oxygen atoms in total. The van der Waals surface area contributed by atoms with Gasteiger partial charge in [0, 0.05) is 12.6 Å². The summed E-state index contributed by atoms with van der Waals surface area (Å²) in [5.41, 5.74) is 2.28. The van der Waals surface area contributed by atoms with Crippen molar-refractivity contribution in [3.63, 3.8) is 0 Å². The first kappa shape index (κ1) is 13.6. The molecule has 4 heteroatoms. The first-order valence-electron chi connectivity index (χ1n) is 6.60. The molecule has 2 aromatic rings. The first-order valence-corrected chi connectivity index (χ1v) is 6.60. The fourth-order valence-electron chi connectivity index (χ4n) is 2.21. The highest BCUT2D eigenvalue weighted by Gasteiger charge is 2.19. The van der Waals surface area contributed by atoms with E-state index >= 15 is 0 Å². The number of imidazole rings is 1. The summed E-state index contributed by atoms with van der Waals surface area (Å²) in [7, 11) is 3.72. The van der Waals surface area contributed by atoms with E-state index in [-0.39, 0.29) is 6.04 Å². The topological polar surface area (TPSA) is 39.1 Å². The van der Waals surface area contributed by atoms with Gasteiger partial charge in [0.1, 0.15) is 5.75 Å². The standard InChI is InChI=1S/C15H21N3O/c1-4-9-17-15(13-10-16-11-18(13)2)12-7-5-6-8-14(12)19-3/h5-8,10-11,15,17H,4,9H2,1-3H3. The molecule has 19 heavy (non-hydrogen) atoms. The molecule has 0 amide bonds. The highest BCUT2D eigenvalue weighted by Crippen LogP contribution is 2.29. The second-order valence-electron chi connectivity index (χ2n) is 4.56. The molecule has 0 aliphatic heterocycles. The Hall–Kier alpha value is -1.81. The number of nitrogens with zero attached hydrogens (tertiary/aromatic N) is 2. The Morgan fingerprint density at radius 1 is 1.37 bits per heavy atom. The molecular formula is C15H21N3O. The van der Waals surface area contributed by atoms with Gasteiger partial charge >= 0.3 is 0 Å². The van der Waals surface area contributed by atoms with Crippen LogP contribution in [-0.4, -0.2) is 23.2 Å². The van der Waals surface area contributed by atoms with Gasteiger partial charge in [-0.15, -0.1) is 0 Å². The van der Waals surface area contributed by atoms with Crippen molar-refractivity contribution in [2.75, 3.05) is 13.7 Å². The molecule has 1 unspecified atom stereocenters. The average Bonchev–Trinajstić information content (AvgIpc) is 2.86. The maximum absolute atomic E-state index is 5.47. The molecular weight excluding hydrogens is 238 g/mol. The smallest absolute Gasteiger partial charge is 0.124 e. The van der Waals surface area contributed by atoms with Gasteiger partial charge in [0.05, 0.1) is 31.4 Å². The van der Waals surface area contributed by atoms with Gasteiger partial charge in [0.2, 0.25) is 0 Å². The lowest BCUT2D eigenvalue weighted by atomic mass is 10.0. The Labute approximate surface area is 114 Å². The number of rotatable bonds is 6. The summed E-state index contributed by atoms with van der Waals surface area (Å²) in [6.07, 6.45) is 4.81. The van der Waals surface area contributed by atoms with Crippen molar-refractivity contribution < 1.29 is 4.74 Å². The van der Waals surface area contributed by atoms with Crippen molar-refractivity contribution in [2.24, 2.45) is 7.05 Å². The number of hydrogen-bond donors (Lipinski definition) is 1. The molecule has 2 rings (SSSR count). The highest BCUT2D eigenvalue weighted by atomic mass is 16.5. The predicted molar refractivity (Wildman–Crippen MR) is 76.3 cm³/mol. The minimum Gasteiger partial charge on any atom is -0.496 e. The number of hydrogen-bond acceptors (Lipinski definition) is 3. The van der Waals surface area contributed by atoms with E-state index in [0.29, 0.717) is 0 Å². The minimum atomic E-state index is 0.101. The van der Waals surface area contributed by atoms with Crippen LogP contribution in [0.25, 0.3) is 0 Å². The SMILES string of the molecule is CCCNC(c1ccccc1OC)c1cncn1C. The Bertz CT molecular complexity index is 522. The van der Waals surface area contributed by atoms with Gasteiger partial charge in [-0.05, 0) is 19.0 Å². The van der Waals surface area contributed by atoms with E-state index in [9.17, 15) is 0 Å². The van der Waals surface area contributed by atoms with Gasteiger partial charge in [-0.1, -0.05) is 25.1 Å². The lowest BCUT2D eigenvalue weighted by Gasteiger charge is -2.21. The molecule has 0 saturated carbocycles. The van der Waals surface area contributed by atoms with Crippen LogP contribution in [0.3, 0.4) is 0 Å². The van der Waals surface area contributed by atoms with Crippen LogP contribution in [0.4, 0.5) is 0 Å². The van der Waals surface area contributed by atoms with E-state index in [0.717, 1.165) is 30.0 Å². The Morgan fingerprint density at radius 3 is 2.79 bits per heavy atom. The Balaban J connectivity index is 2.40. The number of aromatic nitrogens is 2. The molecule has 1 atom stereocenters. The van der Waals surface area contributed by atoms with E-state index in [4.69, 9.17) is 4.74 Å². The van der Waals surface area contributed by atoms with E-state index in [1.165, 1.54) is 0 Å². The van der Waals surface area contributed by atoms with Gasteiger partial charge in [-0.25, -0.2) is 4.98 Å². The molecule has 1 heterocycles. The zero-order chi connectivity index (χ0) is 13.7. The molecule has 0 bridgehead atoms. The summed E-state index contributed by atoms with van der Waals surface area (Å²) >= 11 is 0. The fourth-order valence-corrected chi connectivity index (χ4v) is 2.21. The summed E-state index contributed by atoms with van der Waals surface area (Å²) in [6.45, 7) is 3.11. The quantitative estimate of drug-likeness (QED) is 0.866. The summed E-state index contributed by atoms with van der Waals surface area (Å²) in [4.78, 5) is 4.21. The lowest BCUT2D eigenvalue weighted by Crippen LogP contribution is -2.25. The van der Waals surface area contributed by atoms with E-state index in [2.05, 4.69) is 23.3 Å². The second kappa shape index (κ2) is 6.38. The van der Waals surface area contributed by atoms with Crippen LogP contribution in [-0.2, 0) is 7.05 Å². The molecule has 0 radical (unpaired) electrons. The third-order valence-corrected chi connectivity index (χ3v) is 3.20. The third kappa shape index (κ3) is 2.96. The fraction of sp³-hybridized carbons (Fsp3) is 0.400. The van der Waals surface area contributed by atoms with Crippen molar-refractivity contribution in [2.45, 2.75) is 19.4 Å². The number of aryl methyl sites for hydroxylation is 1.